The van der Waals surface area contributed by atoms with Crippen LogP contribution in [0.25, 0.3) is 0 Å². The van der Waals surface area contributed by atoms with Crippen LogP contribution in [-0.2, 0) is 14.8 Å². The summed E-state index contributed by atoms with van der Waals surface area (Å²) >= 11 is 13.3. The van der Waals surface area contributed by atoms with Gasteiger partial charge in [-0.25, -0.2) is 8.42 Å². The summed E-state index contributed by atoms with van der Waals surface area (Å²) in [7, 11) is -3.65. The fourth-order valence-electron chi connectivity index (χ4n) is 2.64. The molecule has 0 aliphatic carbocycles. The van der Waals surface area contributed by atoms with Crippen LogP contribution >= 0.6 is 35.0 Å². The van der Waals surface area contributed by atoms with Crippen LogP contribution in [0.15, 0.2) is 53.4 Å². The van der Waals surface area contributed by atoms with E-state index in [4.69, 9.17) is 23.2 Å². The maximum atomic E-state index is 12.7. The van der Waals surface area contributed by atoms with Crippen molar-refractivity contribution in [3.63, 3.8) is 0 Å². The first-order chi connectivity index (χ1) is 13.2. The second kappa shape index (κ2) is 10.4. The minimum absolute atomic E-state index is 0.334. The third kappa shape index (κ3) is 6.58. The van der Waals surface area contributed by atoms with E-state index in [1.807, 2.05) is 24.3 Å². The maximum absolute atomic E-state index is 12.7. The van der Waals surface area contributed by atoms with Gasteiger partial charge in [0, 0.05) is 27.2 Å². The third-order valence-corrected chi connectivity index (χ3v) is 6.59. The van der Waals surface area contributed by atoms with Gasteiger partial charge in [-0.05, 0) is 55.0 Å². The number of nitrogens with one attached hydrogen (secondary N) is 1. The predicted octanol–water partition coefficient (Wildman–Crippen LogP) is 4.45. The third-order valence-electron chi connectivity index (χ3n) is 3.89. The average Bonchev–Trinajstić information content (AvgIpc) is 2.64. The molecule has 0 aliphatic rings. The molecule has 0 radical (unpaired) electrons. The summed E-state index contributed by atoms with van der Waals surface area (Å²) in [5, 5.41) is 4.00. The van der Waals surface area contributed by atoms with Crippen molar-refractivity contribution >= 4 is 56.6 Å². The molecular weight excluding hydrogens is 439 g/mol. The molecule has 0 fully saturated rings. The van der Waals surface area contributed by atoms with Gasteiger partial charge < -0.3 is 5.32 Å². The minimum atomic E-state index is -3.65. The van der Waals surface area contributed by atoms with Gasteiger partial charge in [-0.3, -0.25) is 9.10 Å². The van der Waals surface area contributed by atoms with Crippen LogP contribution in [-0.4, -0.2) is 38.9 Å². The van der Waals surface area contributed by atoms with Gasteiger partial charge in [0.15, 0.2) is 0 Å². The first kappa shape index (κ1) is 22.9. The molecule has 0 aromatic heterocycles. The van der Waals surface area contributed by atoms with Gasteiger partial charge in [0.2, 0.25) is 15.9 Å². The highest BCUT2D eigenvalue weighted by Gasteiger charge is 2.31. The van der Waals surface area contributed by atoms with Crippen molar-refractivity contribution in [2.24, 2.45) is 0 Å². The van der Waals surface area contributed by atoms with Crippen LogP contribution in [0.1, 0.15) is 13.3 Å². The second-order valence-electron chi connectivity index (χ2n) is 6.05. The van der Waals surface area contributed by atoms with E-state index in [0.29, 0.717) is 34.5 Å². The molecule has 0 saturated carbocycles. The van der Waals surface area contributed by atoms with Gasteiger partial charge in [-0.2, -0.15) is 0 Å². The number of anilines is 1. The molecule has 1 atom stereocenters. The summed E-state index contributed by atoms with van der Waals surface area (Å²) < 4.78 is 25.9. The standard InChI is InChI=1S/C19H22Cl2N2O3S2/c1-3-18(23(28(2,25)26)16-8-4-14(20)5-9-16)19(24)22-12-13-27-17-10-6-15(21)7-11-17/h4-11,18H,3,12-13H2,1-2H3,(H,22,24). The Bertz CT molecular complexity index is 888. The lowest BCUT2D eigenvalue weighted by atomic mass is 10.2. The van der Waals surface area contributed by atoms with Crippen LogP contribution in [0, 0.1) is 0 Å². The Balaban J connectivity index is 2.02. The van der Waals surface area contributed by atoms with E-state index in [2.05, 4.69) is 5.32 Å². The molecule has 28 heavy (non-hydrogen) atoms. The van der Waals surface area contributed by atoms with E-state index < -0.39 is 16.1 Å². The number of hydrogen-bond acceptors (Lipinski definition) is 4. The van der Waals surface area contributed by atoms with E-state index in [1.54, 1.807) is 43.0 Å². The van der Waals surface area contributed by atoms with Gasteiger partial charge in [-0.1, -0.05) is 30.1 Å². The molecule has 2 aromatic carbocycles. The summed E-state index contributed by atoms with van der Waals surface area (Å²) in [6.45, 7) is 2.20. The summed E-state index contributed by atoms with van der Waals surface area (Å²) in [5.74, 6) is 0.323. The van der Waals surface area contributed by atoms with Crippen molar-refractivity contribution in [3.05, 3.63) is 58.6 Å². The zero-order valence-corrected chi connectivity index (χ0v) is 18.7. The zero-order valence-electron chi connectivity index (χ0n) is 15.6. The molecule has 0 heterocycles. The summed E-state index contributed by atoms with van der Waals surface area (Å²) in [6, 6.07) is 13.0. The molecule has 2 aromatic rings. The lowest BCUT2D eigenvalue weighted by Crippen LogP contribution is -2.49. The Morgan fingerprint density at radius 1 is 1.07 bits per heavy atom. The molecule has 0 aliphatic heterocycles. The Kier molecular flexibility index (Phi) is 8.49. The smallest absolute Gasteiger partial charge is 0.243 e. The van der Waals surface area contributed by atoms with Crippen LogP contribution in [0.3, 0.4) is 0 Å². The van der Waals surface area contributed by atoms with Crippen molar-refractivity contribution < 1.29 is 13.2 Å². The fraction of sp³-hybridized carbons (Fsp3) is 0.316. The first-order valence-electron chi connectivity index (χ1n) is 8.63. The molecule has 0 spiro atoms. The van der Waals surface area contributed by atoms with Gasteiger partial charge in [0.1, 0.15) is 6.04 Å². The molecule has 152 valence electrons. The van der Waals surface area contributed by atoms with Crippen LogP contribution in [0.4, 0.5) is 5.69 Å². The van der Waals surface area contributed by atoms with E-state index in [1.165, 1.54) is 0 Å². The van der Waals surface area contributed by atoms with Gasteiger partial charge in [0.05, 0.1) is 11.9 Å². The van der Waals surface area contributed by atoms with Gasteiger partial charge >= 0.3 is 0 Å². The minimum Gasteiger partial charge on any atom is -0.353 e. The van der Waals surface area contributed by atoms with Crippen molar-refractivity contribution in [1.29, 1.82) is 0 Å². The second-order valence-corrected chi connectivity index (χ2v) is 9.95. The van der Waals surface area contributed by atoms with Crippen molar-refractivity contribution in [3.8, 4) is 0 Å². The maximum Gasteiger partial charge on any atom is 0.243 e. The average molecular weight is 461 g/mol. The van der Waals surface area contributed by atoms with Crippen molar-refractivity contribution in [2.75, 3.05) is 22.9 Å². The van der Waals surface area contributed by atoms with E-state index in [9.17, 15) is 13.2 Å². The van der Waals surface area contributed by atoms with Gasteiger partial charge in [0.25, 0.3) is 0 Å². The number of halogens is 2. The van der Waals surface area contributed by atoms with Crippen LogP contribution in [0.5, 0.6) is 0 Å². The molecular formula is C19H22Cl2N2O3S2. The van der Waals surface area contributed by atoms with Crippen LogP contribution < -0.4 is 9.62 Å². The number of nitrogens with zero attached hydrogens (tertiary/aromatic N) is 1. The summed E-state index contributed by atoms with van der Waals surface area (Å²) in [4.78, 5) is 13.7. The molecule has 9 heteroatoms. The zero-order chi connectivity index (χ0) is 20.7. The highest BCUT2D eigenvalue weighted by Crippen LogP contribution is 2.24. The topological polar surface area (TPSA) is 66.5 Å². The number of benzene rings is 2. The number of carbonyl (C=O) groups is 1. The Morgan fingerprint density at radius 3 is 2.11 bits per heavy atom. The monoisotopic (exact) mass is 460 g/mol. The van der Waals surface area contributed by atoms with E-state index in [0.717, 1.165) is 15.5 Å². The highest BCUT2D eigenvalue weighted by atomic mass is 35.5. The van der Waals surface area contributed by atoms with Crippen molar-refractivity contribution in [2.45, 2.75) is 24.3 Å². The quantitative estimate of drug-likeness (QED) is 0.443. The molecule has 2 rings (SSSR count). The largest absolute Gasteiger partial charge is 0.353 e. The number of sulfonamides is 1. The lowest BCUT2D eigenvalue weighted by Gasteiger charge is -2.30. The first-order valence-corrected chi connectivity index (χ1v) is 12.2. The molecule has 1 N–H and O–H groups in total. The number of hydrogen-bond donors (Lipinski definition) is 1. The molecule has 5 nitrogen and oxygen atoms in total. The predicted molar refractivity (Wildman–Crippen MR) is 118 cm³/mol. The van der Waals surface area contributed by atoms with Crippen LogP contribution in [0.2, 0.25) is 10.0 Å². The normalized spacial score (nSPS) is 12.4. The molecule has 1 unspecified atom stereocenters. The fourth-order valence-corrected chi connectivity index (χ4v) is 4.87. The number of amides is 1. The Morgan fingerprint density at radius 2 is 1.61 bits per heavy atom. The van der Waals surface area contributed by atoms with Gasteiger partial charge in [-0.15, -0.1) is 11.8 Å². The Hall–Kier alpha value is -1.41. The summed E-state index contributed by atoms with van der Waals surface area (Å²) in [5.41, 5.74) is 0.407. The SMILES string of the molecule is CCC(C(=O)NCCSc1ccc(Cl)cc1)N(c1ccc(Cl)cc1)S(C)(=O)=O. The Labute approximate surface area is 180 Å². The number of thioether (sulfide) groups is 1. The highest BCUT2D eigenvalue weighted by molar-refractivity contribution is 7.99. The summed E-state index contributed by atoms with van der Waals surface area (Å²) in [6.07, 6.45) is 1.43. The van der Waals surface area contributed by atoms with Crippen molar-refractivity contribution in [1.82, 2.24) is 5.32 Å². The molecule has 0 bridgehead atoms. The molecule has 0 saturated heterocycles. The lowest BCUT2D eigenvalue weighted by molar-refractivity contribution is -0.122. The molecule has 1 amide bonds. The van der Waals surface area contributed by atoms with E-state index >= 15 is 0 Å². The number of carbonyl (C=O) groups excluding carboxylic acids is 1. The van der Waals surface area contributed by atoms with E-state index in [-0.39, 0.29) is 5.91 Å². The number of rotatable bonds is 9.